The monoisotopic (exact) mass is 296 g/mol. The number of nitrogens with one attached hydrogen (secondary N) is 1. The fourth-order valence-electron chi connectivity index (χ4n) is 1.05. The quantitative estimate of drug-likeness (QED) is 0.643. The van der Waals surface area contributed by atoms with E-state index < -0.39 is 24.2 Å². The van der Waals surface area contributed by atoms with Crippen LogP contribution in [0.4, 0.5) is 26.3 Å². The van der Waals surface area contributed by atoms with Crippen molar-refractivity contribution in [2.75, 3.05) is 26.2 Å². The van der Waals surface area contributed by atoms with Gasteiger partial charge in [0.05, 0.1) is 0 Å². The van der Waals surface area contributed by atoms with E-state index >= 15 is 0 Å². The maximum absolute atomic E-state index is 11.8. The molecule has 5 nitrogen and oxygen atoms in total. The number of hydrogen-bond donors (Lipinski definition) is 2. The second kappa shape index (κ2) is 6.59. The molecular weight excluding hydrogens is 286 g/mol. The summed E-state index contributed by atoms with van der Waals surface area (Å²) in [4.78, 5) is 20.3. The van der Waals surface area contributed by atoms with Crippen molar-refractivity contribution in [2.24, 2.45) is 0 Å². The third-order valence-electron chi connectivity index (χ3n) is 1.89. The van der Waals surface area contributed by atoms with Gasteiger partial charge in [-0.25, -0.2) is 4.79 Å². The third-order valence-corrected chi connectivity index (χ3v) is 1.89. The van der Waals surface area contributed by atoms with Crippen LogP contribution >= 0.6 is 0 Å². The molecule has 1 aliphatic rings. The number of amides is 1. The van der Waals surface area contributed by atoms with Gasteiger partial charge in [0.15, 0.2) is 0 Å². The van der Waals surface area contributed by atoms with Crippen LogP contribution in [0, 0.1) is 0 Å². The fraction of sp³-hybridized carbons (Fsp3) is 0.750. The Hall–Kier alpha value is -1.52. The van der Waals surface area contributed by atoms with Gasteiger partial charge in [-0.05, 0) is 0 Å². The summed E-state index contributed by atoms with van der Waals surface area (Å²) in [5.74, 6) is -4.49. The van der Waals surface area contributed by atoms with Gasteiger partial charge in [0, 0.05) is 26.2 Å². The molecule has 0 bridgehead atoms. The highest BCUT2D eigenvalue weighted by molar-refractivity contribution is 5.81. The molecule has 0 aromatic heterocycles. The first-order valence-corrected chi connectivity index (χ1v) is 4.83. The van der Waals surface area contributed by atoms with Crippen LogP contribution in [0.15, 0.2) is 0 Å². The Morgan fingerprint density at radius 3 is 1.58 bits per heavy atom. The minimum atomic E-state index is -5.08. The number of carbonyl (C=O) groups excluding carboxylic acids is 1. The van der Waals surface area contributed by atoms with Crippen molar-refractivity contribution in [2.45, 2.75) is 12.4 Å². The predicted octanol–water partition coefficient (Wildman–Crippen LogP) is 0.614. The molecule has 1 aliphatic heterocycles. The lowest BCUT2D eigenvalue weighted by molar-refractivity contribution is -0.192. The van der Waals surface area contributed by atoms with Crippen LogP contribution < -0.4 is 5.32 Å². The molecular formula is C8H10F6N2O3. The lowest BCUT2D eigenvalue weighted by Crippen LogP contribution is -2.50. The van der Waals surface area contributed by atoms with Crippen LogP contribution in [0.2, 0.25) is 0 Å². The van der Waals surface area contributed by atoms with E-state index in [2.05, 4.69) is 5.32 Å². The molecule has 0 unspecified atom stereocenters. The number of rotatable bonds is 0. The summed E-state index contributed by atoms with van der Waals surface area (Å²) >= 11 is 0. The Morgan fingerprint density at radius 2 is 1.32 bits per heavy atom. The molecule has 0 spiro atoms. The summed E-state index contributed by atoms with van der Waals surface area (Å²) in [6, 6.07) is 0. The molecule has 2 N–H and O–H groups in total. The van der Waals surface area contributed by atoms with E-state index in [0.717, 1.165) is 4.90 Å². The average Bonchev–Trinajstić information content (AvgIpc) is 2.27. The van der Waals surface area contributed by atoms with Gasteiger partial charge in [-0.1, -0.05) is 0 Å². The normalized spacial score (nSPS) is 16.4. The van der Waals surface area contributed by atoms with Crippen molar-refractivity contribution < 1.29 is 41.0 Å². The molecule has 0 aromatic carbocycles. The minimum Gasteiger partial charge on any atom is -0.475 e. The summed E-state index contributed by atoms with van der Waals surface area (Å²) in [6.45, 7) is 1.14. The van der Waals surface area contributed by atoms with E-state index in [1.807, 2.05) is 0 Å². The molecule has 1 fully saturated rings. The van der Waals surface area contributed by atoms with Crippen LogP contribution in [0.3, 0.4) is 0 Å². The van der Waals surface area contributed by atoms with Crippen molar-refractivity contribution in [1.82, 2.24) is 10.2 Å². The van der Waals surface area contributed by atoms with E-state index in [-0.39, 0.29) is 13.1 Å². The van der Waals surface area contributed by atoms with Crippen LogP contribution in [-0.2, 0) is 9.59 Å². The van der Waals surface area contributed by atoms with Gasteiger partial charge in [0.25, 0.3) is 0 Å². The maximum Gasteiger partial charge on any atom is 0.490 e. The maximum atomic E-state index is 11.8. The first kappa shape index (κ1) is 17.5. The largest absolute Gasteiger partial charge is 0.490 e. The molecule has 1 amide bonds. The van der Waals surface area contributed by atoms with Crippen molar-refractivity contribution >= 4 is 11.9 Å². The Bertz CT molecular complexity index is 321. The standard InChI is InChI=1S/C6H9F3N2O.C2HF3O2/c7-6(8,9)5(12)11-3-1-10-2-4-11;3-2(4,5)1(6)7/h10H,1-4H2;(H,6,7). The highest BCUT2D eigenvalue weighted by atomic mass is 19.4. The number of halogens is 6. The number of carboxylic acids is 1. The van der Waals surface area contributed by atoms with E-state index in [9.17, 15) is 31.1 Å². The number of nitrogens with zero attached hydrogens (tertiary/aromatic N) is 1. The summed E-state index contributed by atoms with van der Waals surface area (Å²) in [5, 5.41) is 9.98. The van der Waals surface area contributed by atoms with Gasteiger partial charge in [-0.3, -0.25) is 4.79 Å². The van der Waals surface area contributed by atoms with E-state index in [0.29, 0.717) is 13.1 Å². The summed E-state index contributed by atoms with van der Waals surface area (Å²) in [7, 11) is 0. The average molecular weight is 296 g/mol. The molecule has 0 saturated carbocycles. The van der Waals surface area contributed by atoms with Gasteiger partial charge in [0.1, 0.15) is 0 Å². The zero-order chi connectivity index (χ0) is 15.3. The van der Waals surface area contributed by atoms with Gasteiger partial charge in [-0.2, -0.15) is 26.3 Å². The van der Waals surface area contributed by atoms with E-state index in [1.54, 1.807) is 0 Å². The van der Waals surface area contributed by atoms with Crippen molar-refractivity contribution in [1.29, 1.82) is 0 Å². The molecule has 0 atom stereocenters. The lowest BCUT2D eigenvalue weighted by atomic mass is 10.3. The second-order valence-electron chi connectivity index (χ2n) is 3.34. The number of piperazine rings is 1. The molecule has 0 aromatic rings. The fourth-order valence-corrected chi connectivity index (χ4v) is 1.05. The van der Waals surface area contributed by atoms with Gasteiger partial charge >= 0.3 is 24.2 Å². The Kier molecular flexibility index (Phi) is 6.06. The highest BCUT2D eigenvalue weighted by Gasteiger charge is 2.42. The molecule has 11 heteroatoms. The predicted molar refractivity (Wildman–Crippen MR) is 49.2 cm³/mol. The first-order chi connectivity index (χ1) is 8.46. The summed E-state index contributed by atoms with van der Waals surface area (Å²) in [6.07, 6.45) is -9.81. The smallest absolute Gasteiger partial charge is 0.475 e. The topological polar surface area (TPSA) is 69.6 Å². The van der Waals surface area contributed by atoms with Crippen LogP contribution in [0.5, 0.6) is 0 Å². The number of carboxylic acid groups (broad SMARTS) is 1. The molecule has 0 radical (unpaired) electrons. The van der Waals surface area contributed by atoms with Crippen LogP contribution in [0.25, 0.3) is 0 Å². The van der Waals surface area contributed by atoms with Crippen molar-refractivity contribution in [3.8, 4) is 0 Å². The summed E-state index contributed by atoms with van der Waals surface area (Å²) < 4.78 is 67.2. The lowest BCUT2D eigenvalue weighted by Gasteiger charge is -2.27. The van der Waals surface area contributed by atoms with Gasteiger partial charge in [-0.15, -0.1) is 0 Å². The molecule has 0 aliphatic carbocycles. The first-order valence-electron chi connectivity index (χ1n) is 4.83. The van der Waals surface area contributed by atoms with E-state index in [4.69, 9.17) is 9.90 Å². The highest BCUT2D eigenvalue weighted by Crippen LogP contribution is 2.18. The second-order valence-corrected chi connectivity index (χ2v) is 3.34. The van der Waals surface area contributed by atoms with Gasteiger partial charge in [0.2, 0.25) is 0 Å². The molecule has 112 valence electrons. The van der Waals surface area contributed by atoms with E-state index in [1.165, 1.54) is 0 Å². The van der Waals surface area contributed by atoms with Crippen molar-refractivity contribution in [3.63, 3.8) is 0 Å². The number of aliphatic carboxylic acids is 1. The minimum absolute atomic E-state index is 0.137. The number of hydrogen-bond acceptors (Lipinski definition) is 3. The zero-order valence-corrected chi connectivity index (χ0v) is 9.31. The third kappa shape index (κ3) is 6.84. The summed E-state index contributed by atoms with van der Waals surface area (Å²) in [5.41, 5.74) is 0. The molecule has 1 heterocycles. The SMILES string of the molecule is O=C(N1CCNCC1)C(F)(F)F.O=C(O)C(F)(F)F. The van der Waals surface area contributed by atoms with Crippen LogP contribution in [-0.4, -0.2) is 60.4 Å². The Balaban J connectivity index is 0.000000399. The molecule has 1 saturated heterocycles. The Morgan fingerprint density at radius 1 is 0.947 bits per heavy atom. The molecule has 1 rings (SSSR count). The van der Waals surface area contributed by atoms with Crippen molar-refractivity contribution in [3.05, 3.63) is 0 Å². The number of carbonyl (C=O) groups is 2. The van der Waals surface area contributed by atoms with Gasteiger partial charge < -0.3 is 15.3 Å². The number of alkyl halides is 6. The molecule has 19 heavy (non-hydrogen) atoms. The Labute approximate surface area is 103 Å². The van der Waals surface area contributed by atoms with Crippen LogP contribution in [0.1, 0.15) is 0 Å². The zero-order valence-electron chi connectivity index (χ0n) is 9.31.